The van der Waals surface area contributed by atoms with E-state index in [9.17, 15) is 26.7 Å². The molecule has 0 saturated heterocycles. The summed E-state index contributed by atoms with van der Waals surface area (Å²) in [5, 5.41) is 13.1. The van der Waals surface area contributed by atoms with Crippen LogP contribution in [0.2, 0.25) is 0 Å². The maximum absolute atomic E-state index is 12.8. The third kappa shape index (κ3) is 5.56. The monoisotopic (exact) mass is 522 g/mol. The summed E-state index contributed by atoms with van der Waals surface area (Å²) in [6.45, 7) is 0. The van der Waals surface area contributed by atoms with Gasteiger partial charge in [0.1, 0.15) is 11.4 Å². The van der Waals surface area contributed by atoms with Gasteiger partial charge in [-0.15, -0.1) is 0 Å². The van der Waals surface area contributed by atoms with Gasteiger partial charge in [0.25, 0.3) is 5.91 Å². The van der Waals surface area contributed by atoms with Crippen LogP contribution in [0.3, 0.4) is 0 Å². The van der Waals surface area contributed by atoms with Gasteiger partial charge < -0.3 is 10.4 Å². The predicted octanol–water partition coefficient (Wildman–Crippen LogP) is 4.38. The number of rotatable bonds is 7. The van der Waals surface area contributed by atoms with Gasteiger partial charge in [-0.1, -0.05) is 42.5 Å². The quantitative estimate of drug-likeness (QED) is 0.245. The number of phenolic OH excluding ortho intramolecular Hbond substituents is 1. The second-order valence-corrected chi connectivity index (χ2v) is 10.8. The third-order valence-corrected chi connectivity index (χ3v) is 7.29. The zero-order valence-corrected chi connectivity index (χ0v) is 20.7. The van der Waals surface area contributed by atoms with Gasteiger partial charge in [0, 0.05) is 17.5 Å². The Morgan fingerprint density at radius 3 is 2.03 bits per heavy atom. The van der Waals surface area contributed by atoms with Crippen LogP contribution in [0.25, 0.3) is 11.1 Å². The van der Waals surface area contributed by atoms with Crippen molar-refractivity contribution in [3.8, 4) is 16.9 Å². The number of carbonyl (C=O) groups is 1. The smallest absolute Gasteiger partial charge is 0.255 e. The van der Waals surface area contributed by atoms with Crippen molar-refractivity contribution >= 4 is 43.7 Å². The van der Waals surface area contributed by atoms with Gasteiger partial charge in [-0.3, -0.25) is 4.79 Å². The molecule has 0 aliphatic rings. The van der Waals surface area contributed by atoms with Gasteiger partial charge in [-0.25, -0.2) is 21.1 Å². The van der Waals surface area contributed by atoms with Crippen molar-refractivity contribution < 1.29 is 26.7 Å². The first kappa shape index (κ1) is 25.0. The zero-order valence-electron chi connectivity index (χ0n) is 19.0. The number of benzene rings is 4. The fourth-order valence-corrected chi connectivity index (χ4v) is 4.86. The van der Waals surface area contributed by atoms with Crippen molar-refractivity contribution in [2.24, 2.45) is 0 Å². The normalized spacial score (nSPS) is 11.3. The molecule has 0 radical (unpaired) electrons. The molecule has 4 aromatic carbocycles. The Labute approximate surface area is 210 Å². The topological polar surface area (TPSA) is 121 Å². The Balaban J connectivity index is 1.59. The number of nitrogens with one attached hydrogen (secondary N) is 1. The first-order chi connectivity index (χ1) is 17.1. The lowest BCUT2D eigenvalue weighted by atomic mass is 10.0. The molecule has 2 N–H and O–H groups in total. The van der Waals surface area contributed by atoms with Crippen LogP contribution in [0.15, 0.2) is 102 Å². The summed E-state index contributed by atoms with van der Waals surface area (Å²) in [4.78, 5) is 12.8. The molecule has 0 bridgehead atoms. The van der Waals surface area contributed by atoms with Crippen molar-refractivity contribution in [1.82, 2.24) is 0 Å². The number of hydrogen-bond acceptors (Lipinski definition) is 6. The molecule has 1 amide bonds. The minimum Gasteiger partial charge on any atom is -0.506 e. The molecule has 4 aromatic rings. The van der Waals surface area contributed by atoms with E-state index in [1.807, 2.05) is 42.5 Å². The highest BCUT2D eigenvalue weighted by Gasteiger charge is 2.18. The molecular formula is C26H22N2O6S2. The summed E-state index contributed by atoms with van der Waals surface area (Å²) in [6.07, 6.45) is 1.04. The van der Waals surface area contributed by atoms with Gasteiger partial charge >= 0.3 is 0 Å². The Morgan fingerprint density at radius 1 is 0.833 bits per heavy atom. The Hall–Kier alpha value is -4.15. The van der Waals surface area contributed by atoms with Crippen LogP contribution in [0, 0.1) is 0 Å². The number of phenols is 1. The van der Waals surface area contributed by atoms with Crippen LogP contribution in [0.4, 0.5) is 17.1 Å². The molecule has 10 heteroatoms. The molecule has 0 spiro atoms. The number of amides is 1. The maximum Gasteiger partial charge on any atom is 0.255 e. The van der Waals surface area contributed by atoms with Crippen LogP contribution in [0.5, 0.6) is 5.75 Å². The molecule has 0 atom stereocenters. The fourth-order valence-electron chi connectivity index (χ4n) is 3.57. The maximum atomic E-state index is 12.8. The van der Waals surface area contributed by atoms with Crippen LogP contribution in [0.1, 0.15) is 10.4 Å². The number of aromatic hydroxyl groups is 1. The van der Waals surface area contributed by atoms with E-state index in [1.54, 1.807) is 12.1 Å². The van der Waals surface area contributed by atoms with Crippen LogP contribution in [-0.4, -0.2) is 34.1 Å². The molecular weight excluding hydrogens is 500 g/mol. The lowest BCUT2D eigenvalue weighted by Gasteiger charge is -2.20. The lowest BCUT2D eigenvalue weighted by Crippen LogP contribution is -2.16. The van der Waals surface area contributed by atoms with Crippen molar-refractivity contribution in [2.45, 2.75) is 4.90 Å². The van der Waals surface area contributed by atoms with E-state index < -0.39 is 26.6 Å². The number of carbonyl (C=O) groups excluding carboxylic acids is 1. The van der Waals surface area contributed by atoms with E-state index >= 15 is 0 Å². The molecule has 0 saturated carbocycles. The summed E-state index contributed by atoms with van der Waals surface area (Å²) in [5.41, 5.74) is 2.64. The number of nitrogens with zero attached hydrogens (tertiary/aromatic N) is 1. The van der Waals surface area contributed by atoms with Crippen LogP contribution >= 0.6 is 0 Å². The van der Waals surface area contributed by atoms with E-state index in [4.69, 9.17) is 0 Å². The van der Waals surface area contributed by atoms with Crippen molar-refractivity contribution in [3.63, 3.8) is 0 Å². The second kappa shape index (κ2) is 10.2. The van der Waals surface area contributed by atoms with Crippen molar-refractivity contribution in [3.05, 3.63) is 103 Å². The fraction of sp³-hybridized carbons (Fsp3) is 0.0385. The highest BCUT2D eigenvalue weighted by Crippen LogP contribution is 2.36. The summed E-state index contributed by atoms with van der Waals surface area (Å²) in [7, 11) is -6.73. The third-order valence-electron chi connectivity index (χ3n) is 5.39. The molecule has 184 valence electrons. The van der Waals surface area contributed by atoms with Gasteiger partial charge in [-0.2, -0.15) is 0 Å². The van der Waals surface area contributed by atoms with E-state index in [0.717, 1.165) is 21.7 Å². The summed E-state index contributed by atoms with van der Waals surface area (Å²) >= 11 is 0. The van der Waals surface area contributed by atoms with Crippen molar-refractivity contribution in [1.29, 1.82) is 0 Å². The van der Waals surface area contributed by atoms with E-state index in [0.29, 0.717) is 5.56 Å². The number of thiol groups is 1. The predicted molar refractivity (Wildman–Crippen MR) is 140 cm³/mol. The van der Waals surface area contributed by atoms with E-state index in [-0.39, 0.29) is 27.7 Å². The van der Waals surface area contributed by atoms with E-state index in [1.165, 1.54) is 42.5 Å². The van der Waals surface area contributed by atoms with Gasteiger partial charge in [0.15, 0.2) is 9.84 Å². The molecule has 4 rings (SSSR count). The SMILES string of the molecule is CS(=O)(=O)c1ccc(N(c2cc(NC(=O)c3ccc(-c4ccccc4)cc3)ccc2O)[SH](=O)=O)cc1. The number of sulfone groups is 1. The first-order valence-electron chi connectivity index (χ1n) is 10.7. The van der Waals surface area contributed by atoms with Gasteiger partial charge in [-0.05, 0) is 65.7 Å². The Bertz CT molecular complexity index is 1570. The largest absolute Gasteiger partial charge is 0.506 e. The average molecular weight is 523 g/mol. The minimum atomic E-state index is -3.47. The molecule has 0 unspecified atom stereocenters. The van der Waals surface area contributed by atoms with Gasteiger partial charge in [0.05, 0.1) is 10.6 Å². The van der Waals surface area contributed by atoms with Crippen LogP contribution in [-0.2, 0) is 20.7 Å². The average Bonchev–Trinajstić information content (AvgIpc) is 2.86. The summed E-state index contributed by atoms with van der Waals surface area (Å²) in [6, 6.07) is 26.0. The first-order valence-corrected chi connectivity index (χ1v) is 13.7. The zero-order chi connectivity index (χ0) is 25.9. The van der Waals surface area contributed by atoms with E-state index in [2.05, 4.69) is 5.32 Å². The highest BCUT2D eigenvalue weighted by molar-refractivity contribution is 7.90. The Kier molecular flexibility index (Phi) is 7.09. The number of hydrogen-bond donors (Lipinski definition) is 3. The summed E-state index contributed by atoms with van der Waals surface area (Å²) < 4.78 is 48.4. The van der Waals surface area contributed by atoms with Crippen molar-refractivity contribution in [2.75, 3.05) is 15.9 Å². The molecule has 0 aliphatic carbocycles. The molecule has 0 aromatic heterocycles. The number of anilines is 3. The minimum absolute atomic E-state index is 0.0239. The van der Waals surface area contributed by atoms with Crippen LogP contribution < -0.4 is 9.62 Å². The highest BCUT2D eigenvalue weighted by atomic mass is 32.2. The standard InChI is InChI=1S/C26H22N2O6S2/c1-36(33,34)23-14-12-22(13-15-23)28(35(31)32)24-17-21(11-16-25(24)29)27-26(30)20-9-7-19(8-10-20)18-5-3-2-4-6-18/h2-17,29,35H,1H3,(H,27,30). The lowest BCUT2D eigenvalue weighted by molar-refractivity contribution is 0.102. The molecule has 0 fully saturated rings. The second-order valence-electron chi connectivity index (χ2n) is 7.92. The molecule has 0 aliphatic heterocycles. The molecule has 36 heavy (non-hydrogen) atoms. The molecule has 8 nitrogen and oxygen atoms in total. The Morgan fingerprint density at radius 2 is 1.44 bits per heavy atom. The van der Waals surface area contributed by atoms with Gasteiger partial charge in [0.2, 0.25) is 10.9 Å². The molecule has 0 heterocycles. The summed E-state index contributed by atoms with van der Waals surface area (Å²) in [5.74, 6) is -0.756.